The van der Waals surface area contributed by atoms with E-state index in [-0.39, 0.29) is 11.5 Å². The van der Waals surface area contributed by atoms with E-state index in [1.54, 1.807) is 0 Å². The topological polar surface area (TPSA) is 40.5 Å². The minimum Gasteiger partial charge on any atom is -0.507 e. The number of rotatable bonds is 2. The molecule has 170 valence electrons. The summed E-state index contributed by atoms with van der Waals surface area (Å²) in [6.07, 6.45) is 0. The second kappa shape index (κ2) is 7.86. The molecule has 0 radical (unpaired) electrons. The van der Waals surface area contributed by atoms with E-state index in [0.717, 1.165) is 65.3 Å². The van der Waals surface area contributed by atoms with Crippen LogP contribution in [0, 0.1) is 0 Å². The summed E-state index contributed by atoms with van der Waals surface area (Å²) in [6, 6.07) is 40.6. The van der Waals surface area contributed by atoms with Crippen LogP contribution in [0.5, 0.6) is 11.5 Å². The lowest BCUT2D eigenvalue weighted by Gasteiger charge is -2.18. The SMILES string of the molecule is Oc1c2ccccc2c(-c2ccccc2)c2cc3c(O)c4ccccc4c(-c4ccccc4)c3cc12. The molecule has 0 amide bonds. The zero-order chi connectivity index (χ0) is 24.2. The van der Waals surface area contributed by atoms with Gasteiger partial charge in [-0.2, -0.15) is 0 Å². The van der Waals surface area contributed by atoms with Crippen LogP contribution in [0.4, 0.5) is 0 Å². The Morgan fingerprint density at radius 3 is 1.03 bits per heavy atom. The van der Waals surface area contributed by atoms with E-state index >= 15 is 0 Å². The van der Waals surface area contributed by atoms with Gasteiger partial charge in [-0.05, 0) is 55.9 Å². The third kappa shape index (κ3) is 2.91. The molecule has 36 heavy (non-hydrogen) atoms. The van der Waals surface area contributed by atoms with Crippen LogP contribution in [-0.4, -0.2) is 10.2 Å². The maximum atomic E-state index is 11.5. The number of fused-ring (bicyclic) bond motifs is 4. The molecule has 0 aliphatic rings. The molecule has 0 atom stereocenters. The van der Waals surface area contributed by atoms with Gasteiger partial charge in [-0.3, -0.25) is 0 Å². The summed E-state index contributed by atoms with van der Waals surface area (Å²) in [5.41, 5.74) is 4.24. The van der Waals surface area contributed by atoms with Crippen LogP contribution in [0.25, 0.3) is 65.3 Å². The highest BCUT2D eigenvalue weighted by Gasteiger charge is 2.20. The van der Waals surface area contributed by atoms with Gasteiger partial charge in [-0.1, -0.05) is 109 Å². The molecule has 7 aromatic rings. The first-order valence-electron chi connectivity index (χ1n) is 12.1. The van der Waals surface area contributed by atoms with E-state index in [1.807, 2.05) is 84.9 Å². The van der Waals surface area contributed by atoms with Crippen molar-refractivity contribution in [2.75, 3.05) is 0 Å². The first-order valence-corrected chi connectivity index (χ1v) is 12.1. The Bertz CT molecular complexity index is 1790. The van der Waals surface area contributed by atoms with Gasteiger partial charge in [0.15, 0.2) is 0 Å². The molecule has 0 spiro atoms. The summed E-state index contributed by atoms with van der Waals surface area (Å²) in [6.45, 7) is 0. The largest absolute Gasteiger partial charge is 0.507 e. The van der Waals surface area contributed by atoms with Gasteiger partial charge < -0.3 is 10.2 Å². The summed E-state index contributed by atoms with van der Waals surface area (Å²) >= 11 is 0. The summed E-state index contributed by atoms with van der Waals surface area (Å²) in [5.74, 6) is 0.516. The third-order valence-corrected chi connectivity index (χ3v) is 7.23. The molecule has 0 unspecified atom stereocenters. The predicted molar refractivity (Wildman–Crippen MR) is 151 cm³/mol. The molecule has 0 aliphatic heterocycles. The summed E-state index contributed by atoms with van der Waals surface area (Å²) < 4.78 is 0. The van der Waals surface area contributed by atoms with Crippen molar-refractivity contribution in [2.45, 2.75) is 0 Å². The minimum atomic E-state index is 0.258. The van der Waals surface area contributed by atoms with Crippen LogP contribution < -0.4 is 0 Å². The average Bonchev–Trinajstić information content (AvgIpc) is 2.94. The monoisotopic (exact) mass is 462 g/mol. The molecule has 7 rings (SSSR count). The Morgan fingerprint density at radius 2 is 0.639 bits per heavy atom. The molecule has 0 bridgehead atoms. The van der Waals surface area contributed by atoms with Gasteiger partial charge in [-0.25, -0.2) is 0 Å². The van der Waals surface area contributed by atoms with Gasteiger partial charge >= 0.3 is 0 Å². The molecule has 2 nitrogen and oxygen atoms in total. The molecular formula is C34H22O2. The Kier molecular flexibility index (Phi) is 4.49. The first-order chi connectivity index (χ1) is 17.7. The highest BCUT2D eigenvalue weighted by Crippen LogP contribution is 2.48. The zero-order valence-electron chi connectivity index (χ0n) is 19.4. The summed E-state index contributed by atoms with van der Waals surface area (Å²) in [7, 11) is 0. The molecule has 0 heterocycles. The van der Waals surface area contributed by atoms with Gasteiger partial charge in [0.05, 0.1) is 0 Å². The first kappa shape index (κ1) is 20.5. The Balaban J connectivity index is 1.75. The van der Waals surface area contributed by atoms with E-state index in [9.17, 15) is 10.2 Å². The zero-order valence-corrected chi connectivity index (χ0v) is 19.4. The molecule has 7 aromatic carbocycles. The van der Waals surface area contributed by atoms with Crippen LogP contribution in [0.15, 0.2) is 121 Å². The van der Waals surface area contributed by atoms with Crippen molar-refractivity contribution in [2.24, 2.45) is 0 Å². The lowest BCUT2D eigenvalue weighted by Crippen LogP contribution is -1.91. The van der Waals surface area contributed by atoms with Gasteiger partial charge in [-0.15, -0.1) is 0 Å². The lowest BCUT2D eigenvalue weighted by atomic mass is 9.86. The number of phenolic OH excluding ortho intramolecular Hbond substituents is 2. The van der Waals surface area contributed by atoms with Crippen molar-refractivity contribution in [1.29, 1.82) is 0 Å². The molecule has 0 fully saturated rings. The van der Waals surface area contributed by atoms with Crippen LogP contribution in [0.2, 0.25) is 0 Å². The van der Waals surface area contributed by atoms with Crippen LogP contribution in [0.1, 0.15) is 0 Å². The van der Waals surface area contributed by atoms with Crippen molar-refractivity contribution >= 4 is 43.1 Å². The van der Waals surface area contributed by atoms with Crippen molar-refractivity contribution in [3.63, 3.8) is 0 Å². The van der Waals surface area contributed by atoms with Gasteiger partial charge in [0.2, 0.25) is 0 Å². The number of benzene rings is 7. The van der Waals surface area contributed by atoms with Gasteiger partial charge in [0, 0.05) is 21.5 Å². The fraction of sp³-hybridized carbons (Fsp3) is 0. The Labute approximate surface area is 208 Å². The van der Waals surface area contributed by atoms with Crippen LogP contribution >= 0.6 is 0 Å². The number of hydrogen-bond acceptors (Lipinski definition) is 2. The highest BCUT2D eigenvalue weighted by molar-refractivity contribution is 6.24. The van der Waals surface area contributed by atoms with E-state index in [0.29, 0.717) is 0 Å². The maximum Gasteiger partial charge on any atom is 0.131 e. The third-order valence-electron chi connectivity index (χ3n) is 7.23. The van der Waals surface area contributed by atoms with E-state index in [1.165, 1.54) is 0 Å². The Hall–Kier alpha value is -4.82. The lowest BCUT2D eigenvalue weighted by molar-refractivity contribution is 0.486. The average molecular weight is 463 g/mol. The van der Waals surface area contributed by atoms with E-state index in [4.69, 9.17) is 0 Å². The fourth-order valence-corrected chi connectivity index (χ4v) is 5.63. The maximum absolute atomic E-state index is 11.5. The molecule has 0 aromatic heterocycles. The minimum absolute atomic E-state index is 0.258. The van der Waals surface area contributed by atoms with Crippen molar-refractivity contribution < 1.29 is 10.2 Å². The molecular weight excluding hydrogens is 440 g/mol. The number of aromatic hydroxyl groups is 2. The number of hydrogen-bond donors (Lipinski definition) is 2. The molecule has 0 saturated carbocycles. The van der Waals surface area contributed by atoms with Gasteiger partial charge in [0.1, 0.15) is 11.5 Å². The number of phenols is 2. The second-order valence-corrected chi connectivity index (χ2v) is 9.21. The van der Waals surface area contributed by atoms with Crippen LogP contribution in [-0.2, 0) is 0 Å². The fourth-order valence-electron chi connectivity index (χ4n) is 5.63. The van der Waals surface area contributed by atoms with Crippen molar-refractivity contribution in [1.82, 2.24) is 0 Å². The van der Waals surface area contributed by atoms with Crippen molar-refractivity contribution in [3.8, 4) is 33.8 Å². The Morgan fingerprint density at radius 1 is 0.306 bits per heavy atom. The smallest absolute Gasteiger partial charge is 0.131 e. The summed E-state index contributed by atoms with van der Waals surface area (Å²) in [4.78, 5) is 0. The quantitative estimate of drug-likeness (QED) is 0.252. The standard InChI is InChI=1S/C34H22O2/c35-33-25-17-9-7-15-23(25)31(21-11-3-1-4-12-21)27-19-30-28(20-29(27)33)32(22-13-5-2-6-14-22)24-16-8-10-18-26(24)34(30)36/h1-20,35-36H. The van der Waals surface area contributed by atoms with Gasteiger partial charge in [0.25, 0.3) is 0 Å². The normalized spacial score (nSPS) is 11.6. The van der Waals surface area contributed by atoms with E-state index < -0.39 is 0 Å². The second-order valence-electron chi connectivity index (χ2n) is 9.21. The van der Waals surface area contributed by atoms with E-state index in [2.05, 4.69) is 36.4 Å². The predicted octanol–water partition coefficient (Wildman–Crippen LogP) is 9.04. The molecule has 0 aliphatic carbocycles. The molecule has 0 saturated heterocycles. The highest BCUT2D eigenvalue weighted by atomic mass is 16.3. The van der Waals surface area contributed by atoms with Crippen LogP contribution in [0.3, 0.4) is 0 Å². The molecule has 2 heteroatoms. The molecule has 2 N–H and O–H groups in total. The summed E-state index contributed by atoms with van der Waals surface area (Å²) in [5, 5.41) is 30.0. The van der Waals surface area contributed by atoms with Crippen molar-refractivity contribution in [3.05, 3.63) is 121 Å².